The van der Waals surface area contributed by atoms with Crippen LogP contribution in [0.1, 0.15) is 11.1 Å². The Kier molecular flexibility index (Phi) is 5.68. The molecule has 29 heavy (non-hydrogen) atoms. The zero-order valence-electron chi connectivity index (χ0n) is 15.5. The molecule has 0 aliphatic carbocycles. The third-order valence-electron chi connectivity index (χ3n) is 4.94. The number of amidine groups is 1. The van der Waals surface area contributed by atoms with Gasteiger partial charge in [0.25, 0.3) is 5.91 Å². The highest BCUT2D eigenvalue weighted by atomic mass is 35.5. The summed E-state index contributed by atoms with van der Waals surface area (Å²) >= 11 is 13.5. The number of carbonyl (C=O) groups excluding carboxylic acids is 1. The van der Waals surface area contributed by atoms with Crippen molar-refractivity contribution in [3.05, 3.63) is 63.6 Å². The van der Waals surface area contributed by atoms with E-state index >= 15 is 0 Å². The number of hydrogen-bond acceptors (Lipinski definition) is 4. The van der Waals surface area contributed by atoms with E-state index in [1.165, 1.54) is 11.8 Å². The Balaban J connectivity index is 1.65. The second kappa shape index (κ2) is 7.95. The number of rotatable bonds is 3. The van der Waals surface area contributed by atoms with Crippen molar-refractivity contribution in [1.29, 1.82) is 0 Å². The summed E-state index contributed by atoms with van der Waals surface area (Å²) in [6, 6.07) is 12.6. The highest BCUT2D eigenvalue weighted by Gasteiger charge is 2.49. The van der Waals surface area contributed by atoms with Crippen LogP contribution in [0.3, 0.4) is 0 Å². The van der Waals surface area contributed by atoms with Crippen LogP contribution in [0.2, 0.25) is 10.0 Å². The van der Waals surface area contributed by atoms with Crippen LogP contribution in [-0.4, -0.2) is 42.3 Å². The molecule has 0 unspecified atom stereocenters. The Morgan fingerprint density at radius 2 is 1.86 bits per heavy atom. The lowest BCUT2D eigenvalue weighted by Crippen LogP contribution is -2.37. The lowest BCUT2D eigenvalue weighted by Gasteiger charge is -2.24. The highest BCUT2D eigenvalue weighted by molar-refractivity contribution is 8.16. The van der Waals surface area contributed by atoms with Gasteiger partial charge in [0.2, 0.25) is 0 Å². The van der Waals surface area contributed by atoms with Gasteiger partial charge in [-0.1, -0.05) is 64.8 Å². The summed E-state index contributed by atoms with van der Waals surface area (Å²) in [6.45, 7) is 1.99. The van der Waals surface area contributed by atoms with Gasteiger partial charge in [-0.15, -0.1) is 0 Å². The van der Waals surface area contributed by atoms with Gasteiger partial charge in [0.15, 0.2) is 15.0 Å². The Morgan fingerprint density at radius 3 is 2.55 bits per heavy atom. The van der Waals surface area contributed by atoms with E-state index in [-0.39, 0.29) is 35.1 Å². The molecule has 2 aromatic carbocycles. The number of aryl methyl sites for hydroxylation is 1. The van der Waals surface area contributed by atoms with Gasteiger partial charge in [-0.2, -0.15) is 4.99 Å². The lowest BCUT2D eigenvalue weighted by molar-refractivity contribution is -0.117. The molecule has 0 spiro atoms. The lowest BCUT2D eigenvalue weighted by atomic mass is 10.1. The number of amides is 1. The number of hydrogen-bond donors (Lipinski definition) is 0. The number of sulfone groups is 1. The fourth-order valence-corrected chi connectivity index (χ4v) is 7.75. The first kappa shape index (κ1) is 20.7. The maximum absolute atomic E-state index is 12.6. The topological polar surface area (TPSA) is 66.8 Å². The predicted molar refractivity (Wildman–Crippen MR) is 120 cm³/mol. The van der Waals surface area contributed by atoms with Gasteiger partial charge in [0.05, 0.1) is 34.0 Å². The zero-order valence-corrected chi connectivity index (χ0v) is 18.7. The molecule has 2 heterocycles. The zero-order chi connectivity index (χ0) is 20.8. The van der Waals surface area contributed by atoms with Crippen LogP contribution >= 0.6 is 35.0 Å². The Labute approximate surface area is 184 Å². The summed E-state index contributed by atoms with van der Waals surface area (Å²) < 4.78 is 24.3. The van der Waals surface area contributed by atoms with Crippen molar-refractivity contribution in [2.45, 2.75) is 24.6 Å². The molecule has 0 bridgehead atoms. The molecule has 0 N–H and O–H groups in total. The van der Waals surface area contributed by atoms with Crippen molar-refractivity contribution >= 4 is 61.6 Å². The average Bonchev–Trinajstić information content (AvgIpc) is 3.10. The second-order valence-electron chi connectivity index (χ2n) is 7.22. The molecule has 9 heteroatoms. The normalized spacial score (nSPS) is 24.1. The van der Waals surface area contributed by atoms with Gasteiger partial charge in [-0.25, -0.2) is 8.42 Å². The van der Waals surface area contributed by atoms with E-state index in [1.807, 2.05) is 36.1 Å². The molecule has 1 amide bonds. The molecular formula is C20H18Cl2N2O3S2. The fourth-order valence-electron chi connectivity index (χ4n) is 3.53. The number of anilines is 1. The third kappa shape index (κ3) is 4.48. The first-order valence-corrected chi connectivity index (χ1v) is 12.5. The molecule has 0 radical (unpaired) electrons. The van der Waals surface area contributed by atoms with Crippen molar-refractivity contribution < 1.29 is 13.2 Å². The van der Waals surface area contributed by atoms with Crippen LogP contribution in [0.4, 0.5) is 5.69 Å². The van der Waals surface area contributed by atoms with Crippen molar-refractivity contribution in [2.24, 2.45) is 4.99 Å². The summed E-state index contributed by atoms with van der Waals surface area (Å²) in [5.74, 6) is -0.175. The number of benzene rings is 2. The van der Waals surface area contributed by atoms with Crippen LogP contribution in [0.25, 0.3) is 0 Å². The van der Waals surface area contributed by atoms with Gasteiger partial charge in [-0.05, 0) is 30.7 Å². The number of thioether (sulfide) groups is 1. The number of carbonyl (C=O) groups is 1. The highest BCUT2D eigenvalue weighted by Crippen LogP contribution is 2.42. The quantitative estimate of drug-likeness (QED) is 0.676. The van der Waals surface area contributed by atoms with Crippen LogP contribution in [0.5, 0.6) is 0 Å². The van der Waals surface area contributed by atoms with E-state index in [9.17, 15) is 13.2 Å². The SMILES string of the molecule is Cc1ccc(CC(=O)N=C2S[C@@H]3CS(=O)(=O)C[C@H]3N2c2ccc(Cl)c(Cl)c2)cc1. The number of aliphatic imine (C=N–C) groups is 1. The monoisotopic (exact) mass is 468 g/mol. The van der Waals surface area contributed by atoms with Crippen molar-refractivity contribution in [1.82, 2.24) is 0 Å². The summed E-state index contributed by atoms with van der Waals surface area (Å²) in [5.41, 5.74) is 2.69. The van der Waals surface area contributed by atoms with Gasteiger partial charge in [-0.3, -0.25) is 4.79 Å². The van der Waals surface area contributed by atoms with E-state index in [2.05, 4.69) is 4.99 Å². The van der Waals surface area contributed by atoms with Crippen LogP contribution in [0.15, 0.2) is 47.5 Å². The molecule has 4 rings (SSSR count). The van der Waals surface area contributed by atoms with Crippen molar-refractivity contribution in [2.75, 3.05) is 16.4 Å². The fraction of sp³-hybridized carbons (Fsp3) is 0.300. The molecule has 2 aliphatic heterocycles. The predicted octanol–water partition coefficient (Wildman–Crippen LogP) is 4.15. The first-order valence-electron chi connectivity index (χ1n) is 9.00. The number of nitrogens with zero attached hydrogens (tertiary/aromatic N) is 2. The van der Waals surface area contributed by atoms with Crippen LogP contribution in [-0.2, 0) is 21.1 Å². The van der Waals surface area contributed by atoms with Gasteiger partial charge in [0.1, 0.15) is 0 Å². The van der Waals surface area contributed by atoms with E-state index in [0.29, 0.717) is 20.9 Å². The molecule has 152 valence electrons. The molecule has 0 saturated carbocycles. The second-order valence-corrected chi connectivity index (χ2v) is 11.4. The maximum atomic E-state index is 12.6. The van der Waals surface area contributed by atoms with E-state index in [0.717, 1.165) is 11.1 Å². The van der Waals surface area contributed by atoms with E-state index in [1.54, 1.807) is 18.2 Å². The largest absolute Gasteiger partial charge is 0.316 e. The molecule has 0 aromatic heterocycles. The summed E-state index contributed by atoms with van der Waals surface area (Å²) in [4.78, 5) is 18.7. The maximum Gasteiger partial charge on any atom is 0.252 e. The minimum atomic E-state index is -3.13. The minimum Gasteiger partial charge on any atom is -0.316 e. The smallest absolute Gasteiger partial charge is 0.252 e. The molecule has 2 aliphatic rings. The Hall–Kier alpha value is -1.54. The van der Waals surface area contributed by atoms with Crippen molar-refractivity contribution in [3.8, 4) is 0 Å². The molecule has 2 atom stereocenters. The third-order valence-corrected chi connectivity index (χ3v) is 8.89. The van der Waals surface area contributed by atoms with Gasteiger partial charge >= 0.3 is 0 Å². The van der Waals surface area contributed by atoms with Crippen LogP contribution < -0.4 is 4.90 Å². The first-order chi connectivity index (χ1) is 13.7. The summed E-state index contributed by atoms with van der Waals surface area (Å²) in [7, 11) is -3.13. The van der Waals surface area contributed by atoms with Crippen molar-refractivity contribution in [3.63, 3.8) is 0 Å². The number of halogens is 2. The molecule has 5 nitrogen and oxygen atoms in total. The van der Waals surface area contributed by atoms with E-state index < -0.39 is 9.84 Å². The summed E-state index contributed by atoms with van der Waals surface area (Å²) in [5, 5.41) is 1.11. The Morgan fingerprint density at radius 1 is 1.14 bits per heavy atom. The Bertz CT molecular complexity index is 1100. The van der Waals surface area contributed by atoms with Gasteiger partial charge < -0.3 is 4.90 Å². The average molecular weight is 469 g/mol. The van der Waals surface area contributed by atoms with E-state index in [4.69, 9.17) is 23.2 Å². The van der Waals surface area contributed by atoms with Gasteiger partial charge in [0, 0.05) is 10.9 Å². The molecule has 2 aromatic rings. The minimum absolute atomic E-state index is 0.0239. The number of fused-ring (bicyclic) bond motifs is 1. The molecule has 2 fully saturated rings. The summed E-state index contributed by atoms with van der Waals surface area (Å²) in [6.07, 6.45) is 0.188. The molecule has 2 saturated heterocycles. The van der Waals surface area contributed by atoms with Crippen LogP contribution in [0, 0.1) is 6.92 Å². The standard InChI is InChI=1S/C20H18Cl2N2O3S2/c1-12-2-4-13(5-3-12)8-19(25)23-20-24(14-6-7-15(21)16(22)9-14)17-10-29(26,27)11-18(17)28-20/h2-7,9,17-18H,8,10-11H2,1H3/t17-,18-/m1/s1. The molecular weight excluding hydrogens is 451 g/mol.